The van der Waals surface area contributed by atoms with Crippen LogP contribution >= 0.6 is 12.2 Å². The maximum atomic E-state index is 13.0. The minimum Gasteiger partial charge on any atom is -0.360 e. The van der Waals surface area contributed by atoms with Crippen LogP contribution in [-0.4, -0.2) is 34.2 Å². The summed E-state index contributed by atoms with van der Waals surface area (Å²) >= 11 is 5.49. The molecule has 2 saturated heterocycles. The molecule has 5 heteroatoms. The lowest BCUT2D eigenvalue weighted by Crippen LogP contribution is -2.59. The zero-order valence-corrected chi connectivity index (χ0v) is 15.5. The number of benzene rings is 1. The van der Waals surface area contributed by atoms with Crippen LogP contribution in [0.15, 0.2) is 24.3 Å². The van der Waals surface area contributed by atoms with Gasteiger partial charge < -0.3 is 10.6 Å². The number of nitrogens with zero attached hydrogens (tertiary/aromatic N) is 1. The molecule has 0 amide bonds. The second kappa shape index (κ2) is 7.58. The van der Waals surface area contributed by atoms with E-state index in [0.717, 1.165) is 23.8 Å². The number of hydrogen-bond acceptors (Lipinski definition) is 2. The highest BCUT2D eigenvalue weighted by Gasteiger charge is 2.42. The third-order valence-electron chi connectivity index (χ3n) is 6.21. The summed E-state index contributed by atoms with van der Waals surface area (Å²) in [6.07, 6.45) is 12.1. The molecule has 1 aromatic carbocycles. The van der Waals surface area contributed by atoms with E-state index in [1.165, 1.54) is 69.9 Å². The smallest absolute Gasteiger partial charge is 0.170 e. The summed E-state index contributed by atoms with van der Waals surface area (Å²) in [5.74, 6) is -0.225. The average molecular weight is 362 g/mol. The minimum atomic E-state index is -0.225. The van der Waals surface area contributed by atoms with Crippen molar-refractivity contribution in [2.75, 3.05) is 5.32 Å². The molecule has 2 bridgehead atoms. The first kappa shape index (κ1) is 17.2. The summed E-state index contributed by atoms with van der Waals surface area (Å²) in [6.45, 7) is 0. The van der Waals surface area contributed by atoms with Gasteiger partial charge in [0, 0.05) is 29.9 Å². The molecule has 4 rings (SSSR count). The first-order valence-electron chi connectivity index (χ1n) is 9.79. The van der Waals surface area contributed by atoms with Crippen LogP contribution in [0.4, 0.5) is 10.1 Å². The van der Waals surface area contributed by atoms with Crippen molar-refractivity contribution in [3.8, 4) is 0 Å². The van der Waals surface area contributed by atoms with Crippen molar-refractivity contribution in [3.05, 3.63) is 30.1 Å². The second-order valence-corrected chi connectivity index (χ2v) is 8.31. The Morgan fingerprint density at radius 3 is 2.16 bits per heavy atom. The number of nitrogens with one attached hydrogen (secondary N) is 2. The van der Waals surface area contributed by atoms with Gasteiger partial charge in [-0.3, -0.25) is 4.90 Å². The number of rotatable bonds is 3. The molecular weight excluding hydrogens is 333 g/mol. The average Bonchev–Trinajstić information content (AvgIpc) is 3.10. The van der Waals surface area contributed by atoms with Gasteiger partial charge in [-0.05, 0) is 75.0 Å². The van der Waals surface area contributed by atoms with Gasteiger partial charge in [-0.25, -0.2) is 4.39 Å². The Labute approximate surface area is 155 Å². The molecule has 136 valence electrons. The molecule has 3 fully saturated rings. The van der Waals surface area contributed by atoms with Crippen LogP contribution in [0.25, 0.3) is 0 Å². The van der Waals surface area contributed by atoms with Gasteiger partial charge in [-0.1, -0.05) is 19.3 Å². The van der Waals surface area contributed by atoms with Crippen molar-refractivity contribution in [1.29, 1.82) is 0 Å². The van der Waals surface area contributed by atoms with Gasteiger partial charge in [0.2, 0.25) is 0 Å². The van der Waals surface area contributed by atoms with Crippen LogP contribution < -0.4 is 10.6 Å². The molecule has 2 N–H and O–H groups in total. The Morgan fingerprint density at radius 2 is 1.52 bits per heavy atom. The number of halogens is 1. The molecule has 3 aliphatic rings. The van der Waals surface area contributed by atoms with Gasteiger partial charge in [0.05, 0.1) is 0 Å². The Bertz CT molecular complexity index is 585. The molecular formula is C20H28FN3S. The standard InChI is InChI=1S/C20H28FN3S/c21-14-8-10-15(11-9-14)22-20(25)23-16-12-18-6-3-7-19(13-16)24(18)17-4-1-2-5-17/h8-11,16-19H,1-7,12-13H2,(H2,22,23,25)/t18-,19-/m1/s1. The molecule has 2 atom stereocenters. The molecule has 25 heavy (non-hydrogen) atoms. The van der Waals surface area contributed by atoms with E-state index in [1.807, 2.05) is 0 Å². The first-order chi connectivity index (χ1) is 12.2. The number of fused-ring (bicyclic) bond motifs is 2. The fourth-order valence-corrected chi connectivity index (χ4v) is 5.50. The number of hydrogen-bond donors (Lipinski definition) is 2. The van der Waals surface area contributed by atoms with E-state index >= 15 is 0 Å². The lowest BCUT2D eigenvalue weighted by atomic mass is 9.80. The van der Waals surface area contributed by atoms with Crippen molar-refractivity contribution in [2.24, 2.45) is 0 Å². The summed E-state index contributed by atoms with van der Waals surface area (Å²) in [6, 6.07) is 9.09. The SMILES string of the molecule is Fc1ccc(NC(=S)NC2C[C@H]3CCC[C@H](C2)N3C2CCCC2)cc1. The van der Waals surface area contributed by atoms with Gasteiger partial charge >= 0.3 is 0 Å². The fraction of sp³-hybridized carbons (Fsp3) is 0.650. The van der Waals surface area contributed by atoms with Crippen LogP contribution in [0, 0.1) is 5.82 Å². The lowest BCUT2D eigenvalue weighted by Gasteiger charge is -2.52. The van der Waals surface area contributed by atoms with E-state index in [4.69, 9.17) is 12.2 Å². The van der Waals surface area contributed by atoms with Crippen LogP contribution in [-0.2, 0) is 0 Å². The molecule has 2 heterocycles. The van der Waals surface area contributed by atoms with Crippen molar-refractivity contribution in [2.45, 2.75) is 82.0 Å². The molecule has 1 aromatic rings. The maximum Gasteiger partial charge on any atom is 0.170 e. The highest BCUT2D eigenvalue weighted by atomic mass is 32.1. The summed E-state index contributed by atoms with van der Waals surface area (Å²) < 4.78 is 13.0. The van der Waals surface area contributed by atoms with Crippen LogP contribution in [0.1, 0.15) is 57.8 Å². The van der Waals surface area contributed by atoms with Gasteiger partial charge in [0.25, 0.3) is 0 Å². The zero-order valence-electron chi connectivity index (χ0n) is 14.7. The first-order valence-corrected chi connectivity index (χ1v) is 10.2. The summed E-state index contributed by atoms with van der Waals surface area (Å²) in [7, 11) is 0. The largest absolute Gasteiger partial charge is 0.360 e. The number of piperidine rings is 2. The summed E-state index contributed by atoms with van der Waals surface area (Å²) in [5, 5.41) is 7.37. The third-order valence-corrected chi connectivity index (χ3v) is 6.43. The van der Waals surface area contributed by atoms with Crippen LogP contribution in [0.5, 0.6) is 0 Å². The monoisotopic (exact) mass is 361 g/mol. The van der Waals surface area contributed by atoms with E-state index in [-0.39, 0.29) is 5.82 Å². The molecule has 0 spiro atoms. The molecule has 1 aliphatic carbocycles. The molecule has 3 nitrogen and oxygen atoms in total. The fourth-order valence-electron chi connectivity index (χ4n) is 5.22. The number of thiocarbonyl (C=S) groups is 1. The Hall–Kier alpha value is -1.20. The predicted molar refractivity (Wildman–Crippen MR) is 104 cm³/mol. The van der Waals surface area contributed by atoms with Gasteiger partial charge in [0.1, 0.15) is 5.82 Å². The lowest BCUT2D eigenvalue weighted by molar-refractivity contribution is -0.00596. The number of anilines is 1. The molecule has 0 radical (unpaired) electrons. The summed E-state index contributed by atoms with van der Waals surface area (Å²) in [4.78, 5) is 2.88. The van der Waals surface area contributed by atoms with E-state index < -0.39 is 0 Å². The zero-order chi connectivity index (χ0) is 17.2. The van der Waals surface area contributed by atoms with Crippen molar-refractivity contribution < 1.29 is 4.39 Å². The molecule has 0 aromatic heterocycles. The summed E-state index contributed by atoms with van der Waals surface area (Å²) in [5.41, 5.74) is 0.836. The van der Waals surface area contributed by atoms with Gasteiger partial charge in [-0.15, -0.1) is 0 Å². The second-order valence-electron chi connectivity index (χ2n) is 7.90. The molecule has 1 saturated carbocycles. The van der Waals surface area contributed by atoms with E-state index in [1.54, 1.807) is 12.1 Å². The Morgan fingerprint density at radius 1 is 0.920 bits per heavy atom. The van der Waals surface area contributed by atoms with Crippen LogP contribution in [0.2, 0.25) is 0 Å². The molecule has 0 unspecified atom stereocenters. The minimum absolute atomic E-state index is 0.225. The predicted octanol–water partition coefficient (Wildman–Crippen LogP) is 4.44. The van der Waals surface area contributed by atoms with Gasteiger partial charge in [0.15, 0.2) is 5.11 Å². The topological polar surface area (TPSA) is 27.3 Å². The third kappa shape index (κ3) is 3.98. The van der Waals surface area contributed by atoms with Crippen molar-refractivity contribution in [1.82, 2.24) is 10.2 Å². The van der Waals surface area contributed by atoms with E-state index in [9.17, 15) is 4.39 Å². The van der Waals surface area contributed by atoms with Crippen molar-refractivity contribution >= 4 is 23.0 Å². The highest BCUT2D eigenvalue weighted by molar-refractivity contribution is 7.80. The molecule has 2 aliphatic heterocycles. The van der Waals surface area contributed by atoms with Crippen LogP contribution in [0.3, 0.4) is 0 Å². The quantitative estimate of drug-likeness (QED) is 0.779. The van der Waals surface area contributed by atoms with E-state index in [0.29, 0.717) is 11.2 Å². The van der Waals surface area contributed by atoms with Gasteiger partial charge in [-0.2, -0.15) is 0 Å². The van der Waals surface area contributed by atoms with Crippen molar-refractivity contribution in [3.63, 3.8) is 0 Å². The normalized spacial score (nSPS) is 30.2. The Balaban J connectivity index is 1.34. The highest BCUT2D eigenvalue weighted by Crippen LogP contribution is 2.39. The Kier molecular flexibility index (Phi) is 5.23. The van der Waals surface area contributed by atoms with E-state index in [2.05, 4.69) is 15.5 Å². The maximum absolute atomic E-state index is 13.0.